The Morgan fingerprint density at radius 3 is 2.35 bits per heavy atom. The van der Waals surface area contributed by atoms with Crippen LogP contribution in [0.3, 0.4) is 0 Å². The van der Waals surface area contributed by atoms with E-state index >= 15 is 0 Å². The van der Waals surface area contributed by atoms with Crippen molar-refractivity contribution in [2.24, 2.45) is 0 Å². The van der Waals surface area contributed by atoms with Gasteiger partial charge in [-0.2, -0.15) is 0 Å². The van der Waals surface area contributed by atoms with Gasteiger partial charge in [0.25, 0.3) is 0 Å². The Morgan fingerprint density at radius 2 is 1.73 bits per heavy atom. The smallest absolute Gasteiger partial charge is 0.328 e. The summed E-state index contributed by atoms with van der Waals surface area (Å²) in [4.78, 5) is 23.3. The van der Waals surface area contributed by atoms with Crippen molar-refractivity contribution >= 4 is 17.8 Å². The maximum absolute atomic E-state index is 9.55. The van der Waals surface area contributed by atoms with Crippen LogP contribution in [0.2, 0.25) is 0 Å². The predicted molar refractivity (Wildman–Crippen MR) is 93.5 cm³/mol. The Hall–Kier alpha value is -3.55. The van der Waals surface area contributed by atoms with Gasteiger partial charge >= 0.3 is 11.9 Å². The van der Waals surface area contributed by atoms with Crippen molar-refractivity contribution in [3.8, 4) is 11.5 Å². The monoisotopic (exact) mass is 358 g/mol. The van der Waals surface area contributed by atoms with Crippen LogP contribution in [0.15, 0.2) is 60.8 Å². The van der Waals surface area contributed by atoms with Gasteiger partial charge in [0, 0.05) is 18.3 Å². The molecule has 0 bridgehead atoms. The number of benzene rings is 1. The average molecular weight is 358 g/mol. The zero-order valence-electron chi connectivity index (χ0n) is 13.7. The van der Waals surface area contributed by atoms with E-state index in [-0.39, 0.29) is 6.10 Å². The van der Waals surface area contributed by atoms with Gasteiger partial charge in [0.15, 0.2) is 11.5 Å². The maximum Gasteiger partial charge on any atom is 0.328 e. The number of aromatic nitrogens is 1. The van der Waals surface area contributed by atoms with E-state index in [1.807, 2.05) is 42.5 Å². The van der Waals surface area contributed by atoms with E-state index < -0.39 is 11.9 Å². The molecule has 3 rings (SSSR count). The number of carbonyl (C=O) groups is 2. The van der Waals surface area contributed by atoms with E-state index in [0.717, 1.165) is 17.3 Å². The summed E-state index contributed by atoms with van der Waals surface area (Å²) >= 11 is 0. The number of hydrogen-bond donors (Lipinski definition) is 3. The zero-order chi connectivity index (χ0) is 18.8. The van der Waals surface area contributed by atoms with Crippen LogP contribution in [0.25, 0.3) is 0 Å². The van der Waals surface area contributed by atoms with E-state index in [2.05, 4.69) is 10.3 Å². The molecule has 0 amide bonds. The summed E-state index contributed by atoms with van der Waals surface area (Å²) in [5, 5.41) is 18.9. The topological polar surface area (TPSA) is 118 Å². The first-order valence-corrected chi connectivity index (χ1v) is 7.72. The lowest BCUT2D eigenvalue weighted by atomic mass is 10.2. The second kappa shape index (κ2) is 9.67. The molecule has 2 aromatic rings. The molecule has 2 heterocycles. The van der Waals surface area contributed by atoms with Crippen molar-refractivity contribution in [3.05, 3.63) is 60.8 Å². The molecule has 1 aromatic heterocycles. The quantitative estimate of drug-likeness (QED) is 0.695. The van der Waals surface area contributed by atoms with Crippen molar-refractivity contribution in [1.29, 1.82) is 0 Å². The van der Waals surface area contributed by atoms with Crippen molar-refractivity contribution in [3.63, 3.8) is 0 Å². The Labute approximate surface area is 149 Å². The van der Waals surface area contributed by atoms with Crippen LogP contribution < -0.4 is 14.8 Å². The largest absolute Gasteiger partial charge is 0.486 e. The third-order valence-corrected chi connectivity index (χ3v) is 3.11. The van der Waals surface area contributed by atoms with Gasteiger partial charge in [-0.15, -0.1) is 0 Å². The standard InChI is InChI=1S/C14H14N2O2.C4H4O4/c1-2-6-13-12(5-1)17-10-11(18-13)9-16-14-7-3-4-8-15-14;5-3(6)1-2-4(7)8/h1-8,11H,9-10H2,(H,15,16);1-2H,(H,5,6)(H,7,8)/b;2-1+. The Kier molecular flexibility index (Phi) is 6.99. The van der Waals surface area contributed by atoms with Crippen molar-refractivity contribution in [2.45, 2.75) is 6.10 Å². The number of pyridine rings is 1. The lowest BCUT2D eigenvalue weighted by Crippen LogP contribution is -2.35. The normalized spacial score (nSPS) is 14.8. The molecule has 3 N–H and O–H groups in total. The number of ether oxygens (including phenoxy) is 2. The first-order valence-electron chi connectivity index (χ1n) is 7.72. The SMILES string of the molecule is O=C(O)/C=C/C(=O)O.c1ccc(NCC2COc3ccccc3O2)nc1. The number of hydrogen-bond acceptors (Lipinski definition) is 6. The molecule has 0 saturated carbocycles. The molecule has 1 atom stereocenters. The Bertz CT molecular complexity index is 747. The van der Waals surface area contributed by atoms with Crippen molar-refractivity contribution < 1.29 is 29.3 Å². The third-order valence-electron chi connectivity index (χ3n) is 3.11. The summed E-state index contributed by atoms with van der Waals surface area (Å²) in [5.41, 5.74) is 0. The minimum atomic E-state index is -1.26. The summed E-state index contributed by atoms with van der Waals surface area (Å²) in [6.45, 7) is 1.22. The van der Waals surface area contributed by atoms with Crippen LogP contribution >= 0.6 is 0 Å². The highest BCUT2D eigenvalue weighted by molar-refractivity contribution is 5.89. The second-order valence-corrected chi connectivity index (χ2v) is 5.10. The predicted octanol–water partition coefficient (Wildman–Crippen LogP) is 2.05. The third kappa shape index (κ3) is 6.52. The maximum atomic E-state index is 9.55. The number of aliphatic carboxylic acids is 2. The number of fused-ring (bicyclic) bond motifs is 1. The van der Waals surface area contributed by atoms with E-state index in [0.29, 0.717) is 25.3 Å². The van der Waals surface area contributed by atoms with E-state index in [1.54, 1.807) is 6.20 Å². The lowest BCUT2D eigenvalue weighted by molar-refractivity contribution is -0.134. The highest BCUT2D eigenvalue weighted by Gasteiger charge is 2.20. The van der Waals surface area contributed by atoms with Gasteiger partial charge in [0.1, 0.15) is 18.5 Å². The number of nitrogens with zero attached hydrogens (tertiary/aromatic N) is 1. The number of rotatable bonds is 5. The minimum Gasteiger partial charge on any atom is -0.486 e. The summed E-state index contributed by atoms with van der Waals surface area (Å²) in [5.74, 6) is -0.0529. The van der Waals surface area contributed by atoms with Gasteiger partial charge in [0.05, 0.1) is 6.54 Å². The summed E-state index contributed by atoms with van der Waals surface area (Å²) in [6.07, 6.45) is 2.88. The molecule has 0 radical (unpaired) electrons. The summed E-state index contributed by atoms with van der Waals surface area (Å²) in [6, 6.07) is 13.5. The van der Waals surface area contributed by atoms with Crippen LogP contribution in [0.5, 0.6) is 11.5 Å². The number of nitrogens with one attached hydrogen (secondary N) is 1. The molecule has 1 aromatic carbocycles. The molecular formula is C18H18N2O6. The van der Waals surface area contributed by atoms with Gasteiger partial charge < -0.3 is 25.0 Å². The molecule has 136 valence electrons. The minimum absolute atomic E-state index is 0.00176. The Morgan fingerprint density at radius 1 is 1.08 bits per heavy atom. The second-order valence-electron chi connectivity index (χ2n) is 5.10. The van der Waals surface area contributed by atoms with Crippen LogP contribution in [-0.2, 0) is 9.59 Å². The zero-order valence-corrected chi connectivity index (χ0v) is 13.7. The van der Waals surface area contributed by atoms with Crippen LogP contribution in [0, 0.1) is 0 Å². The fourth-order valence-electron chi connectivity index (χ4n) is 1.99. The molecule has 0 saturated heterocycles. The fourth-order valence-corrected chi connectivity index (χ4v) is 1.99. The van der Waals surface area contributed by atoms with Gasteiger partial charge in [-0.1, -0.05) is 18.2 Å². The molecule has 8 nitrogen and oxygen atoms in total. The van der Waals surface area contributed by atoms with Crippen LogP contribution in [-0.4, -0.2) is 46.4 Å². The molecule has 0 aliphatic carbocycles. The molecular weight excluding hydrogens is 340 g/mol. The molecule has 1 unspecified atom stereocenters. The number of para-hydroxylation sites is 2. The number of carboxylic acids is 2. The first kappa shape index (κ1) is 18.8. The number of anilines is 1. The molecule has 1 aliphatic heterocycles. The van der Waals surface area contributed by atoms with Crippen molar-refractivity contribution in [1.82, 2.24) is 4.98 Å². The van der Waals surface area contributed by atoms with Gasteiger partial charge in [0.2, 0.25) is 0 Å². The van der Waals surface area contributed by atoms with E-state index in [1.165, 1.54) is 0 Å². The molecule has 0 spiro atoms. The molecule has 8 heteroatoms. The first-order chi connectivity index (χ1) is 12.5. The summed E-state index contributed by atoms with van der Waals surface area (Å²) < 4.78 is 11.5. The van der Waals surface area contributed by atoms with Crippen molar-refractivity contribution in [2.75, 3.05) is 18.5 Å². The number of carboxylic acid groups (broad SMARTS) is 2. The molecule has 26 heavy (non-hydrogen) atoms. The fraction of sp³-hybridized carbons (Fsp3) is 0.167. The van der Waals surface area contributed by atoms with E-state index in [4.69, 9.17) is 19.7 Å². The van der Waals surface area contributed by atoms with E-state index in [9.17, 15) is 9.59 Å². The lowest BCUT2D eigenvalue weighted by Gasteiger charge is -2.26. The molecule has 1 aliphatic rings. The average Bonchev–Trinajstić information content (AvgIpc) is 2.66. The highest BCUT2D eigenvalue weighted by atomic mass is 16.6. The van der Waals surface area contributed by atoms with Gasteiger partial charge in [-0.3, -0.25) is 0 Å². The van der Waals surface area contributed by atoms with Gasteiger partial charge in [-0.25, -0.2) is 14.6 Å². The summed E-state index contributed by atoms with van der Waals surface area (Å²) in [7, 11) is 0. The van der Waals surface area contributed by atoms with Gasteiger partial charge in [-0.05, 0) is 24.3 Å². The highest BCUT2D eigenvalue weighted by Crippen LogP contribution is 2.30. The van der Waals surface area contributed by atoms with Crippen LogP contribution in [0.4, 0.5) is 5.82 Å². The van der Waals surface area contributed by atoms with Crippen LogP contribution in [0.1, 0.15) is 0 Å². The molecule has 0 fully saturated rings. The Balaban J connectivity index is 0.000000260.